The van der Waals surface area contributed by atoms with E-state index in [2.05, 4.69) is 36.1 Å². The fourth-order valence-corrected chi connectivity index (χ4v) is 8.97. The van der Waals surface area contributed by atoms with Crippen molar-refractivity contribution >= 4 is 91.7 Å². The van der Waals surface area contributed by atoms with Crippen LogP contribution in [0.4, 0.5) is 34.9 Å². The number of carbonyl (C=O) groups is 2. The summed E-state index contributed by atoms with van der Waals surface area (Å²) in [6.07, 6.45) is 3.39. The third-order valence-corrected chi connectivity index (χ3v) is 12.5. The molecule has 1 unspecified atom stereocenters. The maximum atomic E-state index is 13.7. The number of ether oxygens (including phenoxy) is 4. The number of carbonyl (C=O) groups excluding carboxylic acids is 2. The molecule has 2 aromatic carbocycles. The number of fused-ring (bicyclic) bond motifs is 2. The molecule has 8 rings (SSSR count). The standard InChI is InChI=1S/C49H58Cl2N12O8/c1-27(2)62-38-10-8-33(16-31(38)18-40(46(62)66)69-25-42(64)52-7)56-44-36(50)20-54-48(58-44)60-14-15-68-35(24-60)12-13-53-43(65)26-70-41-19-32-17-34(9-11-39(32)63(28(3)4)47(41)67)57-45-37(51)21-55-49(59-45)61-22-29(5)71-30(6)23-61/h8-11,16-21,27-30,35H,12-15,22-26H2,1-7H3,(H,52,64)(H,53,65)(H,54,56,58)(H,55,57,59)/t29-,30-,35?/m1/s1. The molecule has 0 spiro atoms. The lowest BCUT2D eigenvalue weighted by molar-refractivity contribution is -0.123. The highest BCUT2D eigenvalue weighted by Gasteiger charge is 2.26. The number of rotatable bonds is 17. The van der Waals surface area contributed by atoms with E-state index in [1.54, 1.807) is 27.5 Å². The lowest BCUT2D eigenvalue weighted by Crippen LogP contribution is -2.46. The van der Waals surface area contributed by atoms with Crippen molar-refractivity contribution in [3.05, 3.63) is 91.7 Å². The quantitative estimate of drug-likeness (QED) is 0.0779. The van der Waals surface area contributed by atoms with Gasteiger partial charge in [-0.1, -0.05) is 23.2 Å². The fraction of sp³-hybridized carbons (Fsp3) is 0.429. The molecular formula is C49H58Cl2N12O8. The van der Waals surface area contributed by atoms with E-state index in [1.165, 1.54) is 13.2 Å². The van der Waals surface area contributed by atoms with Crippen LogP contribution in [-0.2, 0) is 19.1 Å². The minimum absolute atomic E-state index is 0.0282. The molecule has 0 bridgehead atoms. The van der Waals surface area contributed by atoms with Crippen LogP contribution in [-0.4, -0.2) is 119 Å². The Hall–Kier alpha value is -6.74. The Balaban J connectivity index is 0.880. The van der Waals surface area contributed by atoms with E-state index in [0.29, 0.717) is 113 Å². The molecule has 2 fully saturated rings. The van der Waals surface area contributed by atoms with E-state index in [1.807, 2.05) is 82.8 Å². The Morgan fingerprint density at radius 2 is 1.24 bits per heavy atom. The van der Waals surface area contributed by atoms with Gasteiger partial charge in [-0.05, 0) is 96.5 Å². The van der Waals surface area contributed by atoms with E-state index >= 15 is 0 Å². The number of morpholine rings is 2. The van der Waals surface area contributed by atoms with E-state index in [0.717, 1.165) is 0 Å². The maximum Gasteiger partial charge on any atom is 0.293 e. The monoisotopic (exact) mass is 1010 g/mol. The molecule has 2 amide bonds. The van der Waals surface area contributed by atoms with Gasteiger partial charge in [-0.15, -0.1) is 0 Å². The van der Waals surface area contributed by atoms with Crippen LogP contribution < -0.4 is 51.7 Å². The van der Waals surface area contributed by atoms with Crippen LogP contribution in [0.5, 0.6) is 11.5 Å². The first kappa shape index (κ1) is 50.6. The number of likely N-dealkylation sites (N-methyl/N-ethyl adjacent to an activating group) is 1. The minimum Gasteiger partial charge on any atom is -0.478 e. The molecule has 4 N–H and O–H groups in total. The molecule has 2 saturated heterocycles. The number of anilines is 6. The number of halogens is 2. The second-order valence-corrected chi connectivity index (χ2v) is 18.9. The molecule has 2 aliphatic heterocycles. The summed E-state index contributed by atoms with van der Waals surface area (Å²) in [5.41, 5.74) is 2.03. The summed E-state index contributed by atoms with van der Waals surface area (Å²) in [7, 11) is 1.50. The van der Waals surface area contributed by atoms with Gasteiger partial charge < -0.3 is 59.1 Å². The van der Waals surface area contributed by atoms with Crippen LogP contribution >= 0.6 is 23.2 Å². The molecule has 2 aliphatic rings. The number of benzene rings is 2. The van der Waals surface area contributed by atoms with Gasteiger partial charge in [0.25, 0.3) is 22.9 Å². The normalized spacial score (nSPS) is 17.2. The Bertz CT molecular complexity index is 3050. The summed E-state index contributed by atoms with van der Waals surface area (Å²) in [4.78, 5) is 74.5. The number of amides is 2. The van der Waals surface area contributed by atoms with Crippen molar-refractivity contribution in [3.8, 4) is 11.5 Å². The fourth-order valence-electron chi connectivity index (χ4n) is 8.70. The lowest BCUT2D eigenvalue weighted by atomic mass is 10.1. The van der Waals surface area contributed by atoms with Gasteiger partial charge in [0.15, 0.2) is 36.3 Å². The SMILES string of the molecule is CNC(=O)COc1cc2cc(Nc3nc(N4CCOC(CCNC(=O)COc5cc6cc(Nc7nc(N8C[C@@H](C)O[C@H](C)C8)ncc7Cl)ccc6n(C(C)C)c5=O)C4)ncc3Cl)ccc2n(C(C)C)c1=O. The van der Waals surface area contributed by atoms with Crippen molar-refractivity contribution in [2.75, 3.05) is 80.0 Å². The molecule has 4 aromatic heterocycles. The van der Waals surface area contributed by atoms with Crippen LogP contribution in [0.1, 0.15) is 60.0 Å². The molecule has 6 heterocycles. The van der Waals surface area contributed by atoms with Crippen molar-refractivity contribution in [1.82, 2.24) is 39.7 Å². The van der Waals surface area contributed by atoms with Gasteiger partial charge in [0.05, 0.1) is 48.3 Å². The van der Waals surface area contributed by atoms with Gasteiger partial charge in [-0.2, -0.15) is 9.97 Å². The van der Waals surface area contributed by atoms with Crippen molar-refractivity contribution in [2.24, 2.45) is 0 Å². The number of nitrogens with one attached hydrogen (secondary N) is 4. The van der Waals surface area contributed by atoms with Crippen molar-refractivity contribution in [3.63, 3.8) is 0 Å². The zero-order valence-electron chi connectivity index (χ0n) is 40.6. The first-order valence-corrected chi connectivity index (χ1v) is 24.3. The average Bonchev–Trinajstić information content (AvgIpc) is 3.33. The summed E-state index contributed by atoms with van der Waals surface area (Å²) in [6, 6.07) is 14.0. The average molecular weight is 1010 g/mol. The lowest BCUT2D eigenvalue weighted by Gasteiger charge is -2.35. The predicted molar refractivity (Wildman–Crippen MR) is 275 cm³/mol. The Morgan fingerprint density at radius 3 is 1.75 bits per heavy atom. The molecule has 22 heteroatoms. The van der Waals surface area contributed by atoms with E-state index in [-0.39, 0.29) is 72.1 Å². The minimum atomic E-state index is -0.396. The van der Waals surface area contributed by atoms with Gasteiger partial charge in [0.2, 0.25) is 11.9 Å². The van der Waals surface area contributed by atoms with Gasteiger partial charge in [-0.25, -0.2) is 9.97 Å². The summed E-state index contributed by atoms with van der Waals surface area (Å²) >= 11 is 13.2. The summed E-state index contributed by atoms with van der Waals surface area (Å²) in [6.45, 7) is 14.0. The molecule has 0 radical (unpaired) electrons. The van der Waals surface area contributed by atoms with Gasteiger partial charge >= 0.3 is 0 Å². The molecule has 3 atom stereocenters. The molecule has 0 saturated carbocycles. The first-order valence-electron chi connectivity index (χ1n) is 23.5. The summed E-state index contributed by atoms with van der Waals surface area (Å²) < 4.78 is 26.7. The smallest absolute Gasteiger partial charge is 0.293 e. The Morgan fingerprint density at radius 1 is 0.732 bits per heavy atom. The van der Waals surface area contributed by atoms with Crippen molar-refractivity contribution in [1.29, 1.82) is 0 Å². The molecule has 20 nitrogen and oxygen atoms in total. The molecule has 71 heavy (non-hydrogen) atoms. The topological polar surface area (TPSA) is 221 Å². The largest absolute Gasteiger partial charge is 0.478 e. The predicted octanol–water partition coefficient (Wildman–Crippen LogP) is 6.38. The van der Waals surface area contributed by atoms with E-state index in [4.69, 9.17) is 52.1 Å². The van der Waals surface area contributed by atoms with Crippen LogP contribution in [0.25, 0.3) is 21.8 Å². The number of nitrogens with zero attached hydrogens (tertiary/aromatic N) is 8. The van der Waals surface area contributed by atoms with Crippen LogP contribution in [0, 0.1) is 0 Å². The summed E-state index contributed by atoms with van der Waals surface area (Å²) in [5, 5.41) is 14.0. The van der Waals surface area contributed by atoms with Gasteiger partial charge in [0, 0.05) is 74.0 Å². The van der Waals surface area contributed by atoms with Crippen LogP contribution in [0.3, 0.4) is 0 Å². The van der Waals surface area contributed by atoms with Crippen molar-refractivity contribution in [2.45, 2.75) is 78.4 Å². The van der Waals surface area contributed by atoms with Gasteiger partial charge in [0.1, 0.15) is 10.0 Å². The molecular weight excluding hydrogens is 956 g/mol. The van der Waals surface area contributed by atoms with Crippen LogP contribution in [0.15, 0.2) is 70.5 Å². The maximum absolute atomic E-state index is 13.7. The van der Waals surface area contributed by atoms with E-state index < -0.39 is 5.91 Å². The number of hydrogen-bond donors (Lipinski definition) is 4. The third kappa shape index (κ3) is 11.9. The van der Waals surface area contributed by atoms with Crippen molar-refractivity contribution < 1.29 is 28.5 Å². The second-order valence-electron chi connectivity index (χ2n) is 18.1. The molecule has 0 aliphatic carbocycles. The third-order valence-electron chi connectivity index (χ3n) is 11.9. The molecule has 6 aromatic rings. The molecule has 376 valence electrons. The Kier molecular flexibility index (Phi) is 15.8. The zero-order chi connectivity index (χ0) is 50.5. The van der Waals surface area contributed by atoms with Gasteiger partial charge in [-0.3, -0.25) is 19.2 Å². The second kappa shape index (κ2) is 22.1. The highest BCUT2D eigenvalue weighted by atomic mass is 35.5. The Labute approximate surface area is 420 Å². The zero-order valence-corrected chi connectivity index (χ0v) is 42.1. The number of hydrogen-bond acceptors (Lipinski definition) is 16. The van der Waals surface area contributed by atoms with E-state index in [9.17, 15) is 19.2 Å². The first-order chi connectivity index (χ1) is 34.0. The number of pyridine rings is 2. The highest BCUT2D eigenvalue weighted by Crippen LogP contribution is 2.32. The number of aromatic nitrogens is 6. The summed E-state index contributed by atoms with van der Waals surface area (Å²) in [5.74, 6) is 1.12. The highest BCUT2D eigenvalue weighted by molar-refractivity contribution is 6.33. The van der Waals surface area contributed by atoms with Crippen LogP contribution in [0.2, 0.25) is 10.0 Å².